The van der Waals surface area contributed by atoms with Gasteiger partial charge in [0, 0.05) is 0 Å². The topological polar surface area (TPSA) is 3.24 Å². The van der Waals surface area contributed by atoms with E-state index in [-0.39, 0.29) is 5.41 Å². The van der Waals surface area contributed by atoms with Gasteiger partial charge in [0.1, 0.15) is 0 Å². The average Bonchev–Trinajstić information content (AvgIpc) is 3.58. The van der Waals surface area contributed by atoms with Crippen molar-refractivity contribution in [3.8, 4) is 22.3 Å². The van der Waals surface area contributed by atoms with Crippen molar-refractivity contribution in [2.45, 2.75) is 19.3 Å². The Bertz CT molecular complexity index is 2400. The van der Waals surface area contributed by atoms with E-state index < -0.39 is 0 Å². The van der Waals surface area contributed by atoms with Gasteiger partial charge in [-0.1, -0.05) is 30.3 Å². The summed E-state index contributed by atoms with van der Waals surface area (Å²) in [7, 11) is 0. The van der Waals surface area contributed by atoms with E-state index in [4.69, 9.17) is 0 Å². The quantitative estimate of drug-likeness (QED) is 0.173. The monoisotopic (exact) mass is 641 g/mol. The maximum atomic E-state index is 2.43. The van der Waals surface area contributed by atoms with Crippen molar-refractivity contribution in [1.29, 1.82) is 0 Å². The van der Waals surface area contributed by atoms with E-state index >= 15 is 0 Å². The second kappa shape index (κ2) is 10.1. The Labute approximate surface area is 269 Å². The summed E-state index contributed by atoms with van der Waals surface area (Å²) < 4.78 is 2.99. The van der Waals surface area contributed by atoms with Gasteiger partial charge in [0.2, 0.25) is 0 Å². The van der Waals surface area contributed by atoms with E-state index in [2.05, 4.69) is 170 Å². The summed E-state index contributed by atoms with van der Waals surface area (Å²) in [5.41, 5.74) is 11.4. The van der Waals surface area contributed by atoms with E-state index in [1.54, 1.807) is 0 Å². The fourth-order valence-electron chi connectivity index (χ4n) is 7.35. The van der Waals surface area contributed by atoms with Gasteiger partial charge in [0.05, 0.1) is 0 Å². The van der Waals surface area contributed by atoms with Gasteiger partial charge in [-0.2, -0.15) is 0 Å². The standard InChI is InChI=1S/C43H31NSe/c1-43(2)39-14-8-6-12-35(39)36-25-22-33(27-40(36)43)44(31-19-16-29(17-20-31)28-10-4-3-5-11-28)32-21-24-34-30(26-32)18-23-38-37-13-7-9-15-41(37)45-42(34)38/h3-27H,1-2H3. The second-order valence-corrected chi connectivity index (χ2v) is 14.8. The molecule has 9 rings (SSSR count). The van der Waals surface area contributed by atoms with E-state index in [9.17, 15) is 0 Å². The number of fused-ring (bicyclic) bond motifs is 8. The summed E-state index contributed by atoms with van der Waals surface area (Å²) in [6.07, 6.45) is 0. The van der Waals surface area contributed by atoms with Crippen molar-refractivity contribution >= 4 is 61.6 Å². The van der Waals surface area contributed by atoms with Crippen molar-refractivity contribution in [2.75, 3.05) is 4.90 Å². The predicted octanol–water partition coefficient (Wildman–Crippen LogP) is 11.6. The fraction of sp³-hybridized carbons (Fsp3) is 0.0698. The van der Waals surface area contributed by atoms with Crippen molar-refractivity contribution in [1.82, 2.24) is 0 Å². The van der Waals surface area contributed by atoms with Gasteiger partial charge < -0.3 is 0 Å². The van der Waals surface area contributed by atoms with Crippen molar-refractivity contribution in [3.63, 3.8) is 0 Å². The average molecular weight is 641 g/mol. The van der Waals surface area contributed by atoms with Crippen LogP contribution in [-0.4, -0.2) is 14.5 Å². The van der Waals surface area contributed by atoms with E-state index in [1.807, 2.05) is 0 Å². The molecule has 1 aromatic heterocycles. The molecule has 214 valence electrons. The summed E-state index contributed by atoms with van der Waals surface area (Å²) >= 11 is 0.320. The first-order valence-electron chi connectivity index (χ1n) is 15.6. The predicted molar refractivity (Wildman–Crippen MR) is 194 cm³/mol. The third-order valence-electron chi connectivity index (χ3n) is 9.66. The molecule has 1 heterocycles. The summed E-state index contributed by atoms with van der Waals surface area (Å²) in [4.78, 5) is 2.43. The number of hydrogen-bond acceptors (Lipinski definition) is 1. The molecule has 1 nitrogen and oxygen atoms in total. The molecule has 1 aliphatic carbocycles. The van der Waals surface area contributed by atoms with Crippen LogP contribution in [0.4, 0.5) is 17.1 Å². The second-order valence-electron chi connectivity index (χ2n) is 12.6. The summed E-state index contributed by atoms with van der Waals surface area (Å²) in [5.74, 6) is 0. The van der Waals surface area contributed by atoms with Gasteiger partial charge in [0.25, 0.3) is 0 Å². The first-order valence-corrected chi connectivity index (χ1v) is 17.3. The molecule has 0 N–H and O–H groups in total. The molecule has 45 heavy (non-hydrogen) atoms. The van der Waals surface area contributed by atoms with Crippen LogP contribution in [-0.2, 0) is 5.41 Å². The van der Waals surface area contributed by atoms with Gasteiger partial charge >= 0.3 is 241 Å². The number of nitrogens with zero attached hydrogens (tertiary/aromatic N) is 1. The van der Waals surface area contributed by atoms with E-state index in [0.29, 0.717) is 14.5 Å². The molecular formula is C43H31NSe. The SMILES string of the molecule is CC1(C)c2ccccc2-c2ccc(N(c3ccc(-c4ccccc4)cc3)c3ccc4c(ccc5c6ccccc6[se]c45)c3)cc21. The van der Waals surface area contributed by atoms with Crippen molar-refractivity contribution < 1.29 is 0 Å². The third kappa shape index (κ3) is 4.14. The van der Waals surface area contributed by atoms with Gasteiger partial charge in [-0.15, -0.1) is 0 Å². The van der Waals surface area contributed by atoms with Crippen LogP contribution in [0.2, 0.25) is 0 Å². The normalized spacial score (nSPS) is 13.3. The molecule has 8 aromatic rings. The van der Waals surface area contributed by atoms with Crippen LogP contribution >= 0.6 is 0 Å². The Hall–Kier alpha value is -4.88. The number of benzene rings is 7. The Balaban J connectivity index is 1.22. The Kier molecular flexibility index (Phi) is 5.94. The van der Waals surface area contributed by atoms with Gasteiger partial charge in [0.15, 0.2) is 0 Å². The zero-order chi connectivity index (χ0) is 30.1. The molecule has 0 atom stereocenters. The van der Waals surface area contributed by atoms with Crippen molar-refractivity contribution in [3.05, 3.63) is 163 Å². The molecule has 2 heteroatoms. The molecule has 0 unspecified atom stereocenters. The first kappa shape index (κ1) is 26.5. The molecule has 0 bridgehead atoms. The summed E-state index contributed by atoms with van der Waals surface area (Å²) in [5, 5.41) is 5.47. The zero-order valence-corrected chi connectivity index (χ0v) is 27.0. The van der Waals surface area contributed by atoms with Crippen LogP contribution in [0.25, 0.3) is 52.3 Å². The molecule has 1 aliphatic rings. The molecular weight excluding hydrogens is 609 g/mol. The fourth-order valence-corrected chi connectivity index (χ4v) is 9.95. The van der Waals surface area contributed by atoms with E-state index in [1.165, 1.54) is 74.8 Å². The van der Waals surface area contributed by atoms with Crippen LogP contribution in [0.3, 0.4) is 0 Å². The van der Waals surface area contributed by atoms with Crippen molar-refractivity contribution in [2.24, 2.45) is 0 Å². The minimum absolute atomic E-state index is 0.0637. The Morgan fingerprint density at radius 3 is 1.98 bits per heavy atom. The molecule has 0 saturated carbocycles. The molecule has 0 amide bonds. The number of hydrogen-bond donors (Lipinski definition) is 0. The molecule has 0 spiro atoms. The van der Waals surface area contributed by atoms with Crippen LogP contribution in [0, 0.1) is 0 Å². The first-order chi connectivity index (χ1) is 22.1. The van der Waals surface area contributed by atoms with Gasteiger partial charge in [-0.25, -0.2) is 0 Å². The minimum atomic E-state index is -0.0637. The van der Waals surface area contributed by atoms with Crippen LogP contribution in [0.1, 0.15) is 25.0 Å². The van der Waals surface area contributed by atoms with Crippen LogP contribution < -0.4 is 4.90 Å². The molecule has 0 aliphatic heterocycles. The van der Waals surface area contributed by atoms with Crippen LogP contribution in [0.5, 0.6) is 0 Å². The number of rotatable bonds is 4. The van der Waals surface area contributed by atoms with Crippen LogP contribution in [0.15, 0.2) is 152 Å². The van der Waals surface area contributed by atoms with Gasteiger partial charge in [-0.3, -0.25) is 0 Å². The van der Waals surface area contributed by atoms with E-state index in [0.717, 1.165) is 5.69 Å². The third-order valence-corrected chi connectivity index (χ3v) is 12.2. The maximum absolute atomic E-state index is 2.43. The Morgan fingerprint density at radius 1 is 0.467 bits per heavy atom. The summed E-state index contributed by atoms with van der Waals surface area (Å²) in [6.45, 7) is 4.72. The van der Waals surface area contributed by atoms with Gasteiger partial charge in [-0.05, 0) is 0 Å². The molecule has 7 aromatic carbocycles. The molecule has 0 radical (unpaired) electrons. The zero-order valence-electron chi connectivity index (χ0n) is 25.3. The molecule has 0 saturated heterocycles. The molecule has 0 fully saturated rings. The Morgan fingerprint density at radius 2 is 1.11 bits per heavy atom. The summed E-state index contributed by atoms with van der Waals surface area (Å²) in [6, 6.07) is 56.2. The number of anilines is 3.